The smallest absolute Gasteiger partial charge is 0.274 e. The second-order valence-electron chi connectivity index (χ2n) is 7.72. The first-order valence-corrected chi connectivity index (χ1v) is 11.1. The van der Waals surface area contributed by atoms with E-state index >= 15 is 0 Å². The fourth-order valence-corrected chi connectivity index (χ4v) is 4.98. The summed E-state index contributed by atoms with van der Waals surface area (Å²) < 4.78 is 0. The van der Waals surface area contributed by atoms with Crippen LogP contribution in [0.4, 0.5) is 5.69 Å². The van der Waals surface area contributed by atoms with Gasteiger partial charge in [0.05, 0.1) is 5.69 Å². The molecule has 1 atom stereocenters. The zero-order chi connectivity index (χ0) is 20.8. The van der Waals surface area contributed by atoms with E-state index in [4.69, 9.17) is 11.6 Å². The van der Waals surface area contributed by atoms with Gasteiger partial charge in [0.2, 0.25) is 0 Å². The molecule has 0 saturated carbocycles. The molecule has 1 aliphatic heterocycles. The molecule has 5 rings (SSSR count). The molecule has 0 radical (unpaired) electrons. The summed E-state index contributed by atoms with van der Waals surface area (Å²) in [5.74, 6) is 1.26. The Balaban J connectivity index is 1.59. The fourth-order valence-electron chi connectivity index (χ4n) is 4.47. The summed E-state index contributed by atoms with van der Waals surface area (Å²) in [6.07, 6.45) is 0.886. The highest BCUT2D eigenvalue weighted by molar-refractivity contribution is 7.80. The number of fused-ring (bicyclic) bond motifs is 4. The third kappa shape index (κ3) is 3.04. The number of aromatic hydroxyl groups is 1. The molecule has 1 amide bonds. The van der Waals surface area contributed by atoms with E-state index in [0.717, 1.165) is 45.1 Å². The SMILES string of the molecule is O=C(c1cc2cc(CCS)ccc2[nH]1)N1C[C@@H](CCl)c2c1cc(O)c1ccccc21. The number of aromatic nitrogens is 1. The highest BCUT2D eigenvalue weighted by atomic mass is 35.5. The third-order valence-corrected chi connectivity index (χ3v) is 6.49. The van der Waals surface area contributed by atoms with Gasteiger partial charge in [-0.15, -0.1) is 11.6 Å². The molecule has 0 aliphatic carbocycles. The number of nitrogens with one attached hydrogen (secondary N) is 1. The van der Waals surface area contributed by atoms with Gasteiger partial charge < -0.3 is 15.0 Å². The van der Waals surface area contributed by atoms with E-state index in [9.17, 15) is 9.90 Å². The number of aromatic amines is 1. The Morgan fingerprint density at radius 1 is 1.17 bits per heavy atom. The predicted molar refractivity (Wildman–Crippen MR) is 127 cm³/mol. The largest absolute Gasteiger partial charge is 0.507 e. The summed E-state index contributed by atoms with van der Waals surface area (Å²) in [5.41, 5.74) is 4.41. The number of halogens is 1. The minimum Gasteiger partial charge on any atom is -0.507 e. The minimum absolute atomic E-state index is 0.0162. The van der Waals surface area contributed by atoms with E-state index < -0.39 is 0 Å². The summed E-state index contributed by atoms with van der Waals surface area (Å²) in [6.45, 7) is 0.491. The van der Waals surface area contributed by atoms with Gasteiger partial charge in [0.15, 0.2) is 0 Å². The Kier molecular flexibility index (Phi) is 4.88. The van der Waals surface area contributed by atoms with Gasteiger partial charge in [-0.2, -0.15) is 12.6 Å². The van der Waals surface area contributed by atoms with Crippen molar-refractivity contribution < 1.29 is 9.90 Å². The molecule has 1 aromatic heterocycles. The number of phenols is 1. The standard InChI is InChI=1S/C24H21ClN2O2S/c25-12-16-13-27(21-11-22(28)17-3-1-2-4-18(17)23(16)21)24(29)20-10-15-9-14(7-8-30)5-6-19(15)26-20/h1-6,9-11,16,26,28,30H,7-8,12-13H2/t16-/m1/s1. The van der Waals surface area contributed by atoms with Crippen LogP contribution in [0.2, 0.25) is 0 Å². The number of aryl methyl sites for hydroxylation is 1. The zero-order valence-electron chi connectivity index (χ0n) is 16.2. The van der Waals surface area contributed by atoms with Crippen LogP contribution in [0.15, 0.2) is 54.6 Å². The number of nitrogens with zero attached hydrogens (tertiary/aromatic N) is 1. The van der Waals surface area contributed by atoms with Crippen LogP contribution in [0.1, 0.15) is 27.5 Å². The van der Waals surface area contributed by atoms with Crippen molar-refractivity contribution in [2.75, 3.05) is 23.1 Å². The molecule has 0 spiro atoms. The predicted octanol–water partition coefficient (Wildman–Crippen LogP) is 5.48. The average Bonchev–Trinajstić information content (AvgIpc) is 3.35. The second kappa shape index (κ2) is 7.56. The maximum Gasteiger partial charge on any atom is 0.274 e. The molecule has 0 unspecified atom stereocenters. The Labute approximate surface area is 184 Å². The summed E-state index contributed by atoms with van der Waals surface area (Å²) >= 11 is 10.6. The summed E-state index contributed by atoms with van der Waals surface area (Å²) in [6, 6.07) is 17.5. The van der Waals surface area contributed by atoms with Crippen LogP contribution in [-0.4, -0.2) is 34.2 Å². The van der Waals surface area contributed by atoms with Crippen molar-refractivity contribution in [1.82, 2.24) is 4.98 Å². The molecule has 4 aromatic rings. The number of hydrogen-bond donors (Lipinski definition) is 3. The molecule has 0 bridgehead atoms. The monoisotopic (exact) mass is 436 g/mol. The van der Waals surface area contributed by atoms with E-state index in [0.29, 0.717) is 18.1 Å². The number of phenolic OH excluding ortho intramolecular Hbond substituents is 1. The maximum absolute atomic E-state index is 13.5. The molecular weight excluding hydrogens is 416 g/mol. The lowest BCUT2D eigenvalue weighted by Gasteiger charge is -2.17. The van der Waals surface area contributed by atoms with E-state index in [2.05, 4.69) is 29.7 Å². The molecule has 2 N–H and O–H groups in total. The molecular formula is C24H21ClN2O2S. The van der Waals surface area contributed by atoms with Crippen molar-refractivity contribution in [2.45, 2.75) is 12.3 Å². The van der Waals surface area contributed by atoms with Crippen molar-refractivity contribution >= 4 is 57.5 Å². The van der Waals surface area contributed by atoms with Crippen molar-refractivity contribution in [3.63, 3.8) is 0 Å². The molecule has 152 valence electrons. The highest BCUT2D eigenvalue weighted by Crippen LogP contribution is 2.45. The molecule has 30 heavy (non-hydrogen) atoms. The molecule has 0 fully saturated rings. The Morgan fingerprint density at radius 2 is 1.97 bits per heavy atom. The van der Waals surface area contributed by atoms with Gasteiger partial charge in [-0.1, -0.05) is 30.3 Å². The van der Waals surface area contributed by atoms with Gasteiger partial charge in [-0.25, -0.2) is 0 Å². The van der Waals surface area contributed by atoms with Crippen LogP contribution >= 0.6 is 24.2 Å². The van der Waals surface area contributed by atoms with Crippen molar-refractivity contribution in [1.29, 1.82) is 0 Å². The lowest BCUT2D eigenvalue weighted by molar-refractivity contribution is 0.0984. The van der Waals surface area contributed by atoms with Crippen LogP contribution in [0.25, 0.3) is 21.7 Å². The lowest BCUT2D eigenvalue weighted by atomic mass is 9.95. The number of H-pyrrole nitrogens is 1. The molecule has 3 aromatic carbocycles. The van der Waals surface area contributed by atoms with Crippen LogP contribution in [-0.2, 0) is 6.42 Å². The minimum atomic E-state index is -0.120. The fraction of sp³-hybridized carbons (Fsp3) is 0.208. The van der Waals surface area contributed by atoms with Crippen molar-refractivity contribution in [3.8, 4) is 5.75 Å². The maximum atomic E-state index is 13.5. The van der Waals surface area contributed by atoms with Gasteiger partial charge in [0.25, 0.3) is 5.91 Å². The number of amides is 1. The first-order valence-electron chi connectivity index (χ1n) is 9.95. The van der Waals surface area contributed by atoms with E-state index in [1.54, 1.807) is 11.0 Å². The normalized spacial score (nSPS) is 15.8. The first kappa shape index (κ1) is 19.3. The number of carbonyl (C=O) groups excluding carboxylic acids is 1. The molecule has 2 heterocycles. The number of anilines is 1. The Hall–Kier alpha value is -2.63. The van der Waals surface area contributed by atoms with E-state index in [1.165, 1.54) is 5.56 Å². The van der Waals surface area contributed by atoms with Crippen LogP contribution < -0.4 is 4.90 Å². The van der Waals surface area contributed by atoms with Gasteiger partial charge in [-0.3, -0.25) is 4.79 Å². The van der Waals surface area contributed by atoms with Crippen molar-refractivity contribution in [2.24, 2.45) is 0 Å². The van der Waals surface area contributed by atoms with Gasteiger partial charge in [-0.05, 0) is 46.9 Å². The number of thiol groups is 1. The molecule has 6 heteroatoms. The number of carbonyl (C=O) groups is 1. The lowest BCUT2D eigenvalue weighted by Crippen LogP contribution is -2.30. The van der Waals surface area contributed by atoms with Crippen LogP contribution in [0.5, 0.6) is 5.75 Å². The topological polar surface area (TPSA) is 56.3 Å². The van der Waals surface area contributed by atoms with Crippen molar-refractivity contribution in [3.05, 3.63) is 71.4 Å². The summed E-state index contributed by atoms with van der Waals surface area (Å²) in [4.78, 5) is 18.4. The van der Waals surface area contributed by atoms with Gasteiger partial charge >= 0.3 is 0 Å². The van der Waals surface area contributed by atoms with Gasteiger partial charge in [0.1, 0.15) is 11.4 Å². The molecule has 1 aliphatic rings. The van der Waals surface area contributed by atoms with Crippen LogP contribution in [0, 0.1) is 0 Å². The zero-order valence-corrected chi connectivity index (χ0v) is 17.9. The van der Waals surface area contributed by atoms with Crippen LogP contribution in [0.3, 0.4) is 0 Å². The average molecular weight is 437 g/mol. The number of alkyl halides is 1. The number of benzene rings is 3. The van der Waals surface area contributed by atoms with Gasteiger partial charge in [0, 0.05) is 40.7 Å². The van der Waals surface area contributed by atoms with E-state index in [-0.39, 0.29) is 17.6 Å². The third-order valence-electron chi connectivity index (χ3n) is 5.89. The summed E-state index contributed by atoms with van der Waals surface area (Å²) in [7, 11) is 0. The quantitative estimate of drug-likeness (QED) is 0.293. The Bertz CT molecular complexity index is 1280. The summed E-state index contributed by atoms with van der Waals surface area (Å²) in [5, 5.41) is 13.3. The first-order chi connectivity index (χ1) is 14.6. The molecule has 0 saturated heterocycles. The van der Waals surface area contributed by atoms with E-state index in [1.807, 2.05) is 36.4 Å². The highest BCUT2D eigenvalue weighted by Gasteiger charge is 2.35. The second-order valence-corrected chi connectivity index (χ2v) is 8.48. The number of hydrogen-bond acceptors (Lipinski definition) is 3. The molecule has 4 nitrogen and oxygen atoms in total. The number of rotatable bonds is 4. The Morgan fingerprint density at radius 3 is 2.73 bits per heavy atom.